The summed E-state index contributed by atoms with van der Waals surface area (Å²) in [6, 6.07) is 13.2. The van der Waals surface area contributed by atoms with E-state index in [2.05, 4.69) is 0 Å². The van der Waals surface area contributed by atoms with Crippen LogP contribution in [0.15, 0.2) is 42.5 Å². The van der Waals surface area contributed by atoms with Gasteiger partial charge in [-0.15, -0.1) is 0 Å². The van der Waals surface area contributed by atoms with Gasteiger partial charge in [0.1, 0.15) is 42.4 Å². The molecule has 2 heterocycles. The number of hydrogen-bond acceptors (Lipinski definition) is 7. The predicted octanol–water partition coefficient (Wildman–Crippen LogP) is 1.61. The minimum atomic E-state index is -1.43. The number of halogens is 1. The minimum Gasteiger partial charge on any atom is -0.488 e. The fourth-order valence-electron chi connectivity index (χ4n) is 3.97. The first-order valence-electron chi connectivity index (χ1n) is 10.4. The summed E-state index contributed by atoms with van der Waals surface area (Å²) >= 11 is 6.49. The molecule has 6 atom stereocenters. The molecule has 2 fully saturated rings. The normalized spacial score (nSPS) is 31.0. The Morgan fingerprint density at radius 1 is 1.00 bits per heavy atom. The Morgan fingerprint density at radius 2 is 1.77 bits per heavy atom. The lowest BCUT2D eigenvalue weighted by Crippen LogP contribution is -2.55. The highest BCUT2D eigenvalue weighted by Gasteiger charge is 2.44. The van der Waals surface area contributed by atoms with Crippen LogP contribution in [0, 0.1) is 0 Å². The van der Waals surface area contributed by atoms with E-state index in [4.69, 9.17) is 25.8 Å². The fraction of sp³-hybridized carbons (Fsp3) is 0.478. The Hall–Kier alpha value is -1.71. The van der Waals surface area contributed by atoms with Crippen molar-refractivity contribution < 1.29 is 34.6 Å². The zero-order valence-electron chi connectivity index (χ0n) is 16.9. The lowest BCUT2D eigenvalue weighted by Gasteiger charge is -2.40. The van der Waals surface area contributed by atoms with E-state index >= 15 is 0 Å². The zero-order valence-corrected chi connectivity index (χ0v) is 17.7. The van der Waals surface area contributed by atoms with Gasteiger partial charge in [0.25, 0.3) is 0 Å². The van der Waals surface area contributed by atoms with Crippen molar-refractivity contribution >= 4 is 11.6 Å². The third-order valence-corrected chi connectivity index (χ3v) is 6.16. The average Bonchev–Trinajstić information content (AvgIpc) is 3.28. The molecule has 0 aromatic heterocycles. The average molecular weight is 451 g/mol. The van der Waals surface area contributed by atoms with E-state index in [-0.39, 0.29) is 6.10 Å². The summed E-state index contributed by atoms with van der Waals surface area (Å²) in [5.41, 5.74) is 2.53. The zero-order chi connectivity index (χ0) is 22.0. The SMILES string of the molecule is OC[C@@H]1O[C@@H](c2ccc(Cc3ccc(O[C@@H]4CCOC4)cc3)c(Cl)c2)[C@@H](O)[C@@H](O)[C@@H]1O. The van der Waals surface area contributed by atoms with Gasteiger partial charge in [-0.1, -0.05) is 35.9 Å². The number of benzene rings is 2. The number of rotatable bonds is 6. The lowest BCUT2D eigenvalue weighted by molar-refractivity contribution is -0.231. The molecule has 0 spiro atoms. The van der Waals surface area contributed by atoms with Gasteiger partial charge in [-0.3, -0.25) is 0 Å². The molecule has 2 aliphatic heterocycles. The van der Waals surface area contributed by atoms with Gasteiger partial charge in [0.2, 0.25) is 0 Å². The largest absolute Gasteiger partial charge is 0.488 e. The topological polar surface area (TPSA) is 109 Å². The van der Waals surface area contributed by atoms with Crippen LogP contribution in [0.5, 0.6) is 5.75 Å². The first kappa shape index (κ1) is 22.5. The molecule has 2 aromatic carbocycles. The Bertz CT molecular complexity index is 867. The maximum Gasteiger partial charge on any atom is 0.124 e. The van der Waals surface area contributed by atoms with E-state index in [0.717, 1.165) is 29.9 Å². The molecule has 0 radical (unpaired) electrons. The second kappa shape index (κ2) is 9.83. The number of ether oxygens (including phenoxy) is 3. The molecule has 31 heavy (non-hydrogen) atoms. The molecule has 2 aliphatic rings. The Labute approximate surface area is 185 Å². The molecule has 7 nitrogen and oxygen atoms in total. The molecule has 2 aromatic rings. The van der Waals surface area contributed by atoms with Crippen molar-refractivity contribution in [3.05, 3.63) is 64.2 Å². The van der Waals surface area contributed by atoms with E-state index in [0.29, 0.717) is 23.6 Å². The van der Waals surface area contributed by atoms with Gasteiger partial charge < -0.3 is 34.6 Å². The second-order valence-corrected chi connectivity index (χ2v) is 8.43. The lowest BCUT2D eigenvalue weighted by atomic mass is 9.90. The van der Waals surface area contributed by atoms with E-state index in [1.54, 1.807) is 12.1 Å². The molecule has 168 valence electrons. The van der Waals surface area contributed by atoms with Crippen molar-refractivity contribution in [3.8, 4) is 5.75 Å². The first-order chi connectivity index (χ1) is 15.0. The van der Waals surface area contributed by atoms with Crippen LogP contribution in [0.1, 0.15) is 29.2 Å². The smallest absolute Gasteiger partial charge is 0.124 e. The fourth-order valence-corrected chi connectivity index (χ4v) is 4.22. The summed E-state index contributed by atoms with van der Waals surface area (Å²) in [7, 11) is 0. The highest BCUT2D eigenvalue weighted by atomic mass is 35.5. The van der Waals surface area contributed by atoms with E-state index in [1.807, 2.05) is 30.3 Å². The summed E-state index contributed by atoms with van der Waals surface area (Å²) in [5.74, 6) is 0.809. The highest BCUT2D eigenvalue weighted by molar-refractivity contribution is 6.31. The van der Waals surface area contributed by atoms with Crippen LogP contribution in [-0.4, -0.2) is 70.8 Å². The van der Waals surface area contributed by atoms with Gasteiger partial charge in [-0.05, 0) is 41.3 Å². The van der Waals surface area contributed by atoms with Crippen LogP contribution in [0.4, 0.5) is 0 Å². The van der Waals surface area contributed by atoms with Crippen molar-refractivity contribution in [3.63, 3.8) is 0 Å². The van der Waals surface area contributed by atoms with Gasteiger partial charge in [-0.25, -0.2) is 0 Å². The number of aliphatic hydroxyl groups is 4. The van der Waals surface area contributed by atoms with Crippen LogP contribution in [-0.2, 0) is 15.9 Å². The molecule has 2 saturated heterocycles. The molecule has 0 saturated carbocycles. The highest BCUT2D eigenvalue weighted by Crippen LogP contribution is 2.34. The maximum atomic E-state index is 10.3. The van der Waals surface area contributed by atoms with Gasteiger partial charge in [-0.2, -0.15) is 0 Å². The van der Waals surface area contributed by atoms with Crippen molar-refractivity contribution in [2.45, 2.75) is 49.5 Å². The quantitative estimate of drug-likeness (QED) is 0.529. The third kappa shape index (κ3) is 5.04. The molecular formula is C23H27ClO7. The van der Waals surface area contributed by atoms with Crippen LogP contribution >= 0.6 is 11.6 Å². The van der Waals surface area contributed by atoms with Crippen molar-refractivity contribution in [2.24, 2.45) is 0 Å². The van der Waals surface area contributed by atoms with Crippen LogP contribution in [0.3, 0.4) is 0 Å². The number of aliphatic hydroxyl groups excluding tert-OH is 4. The Kier molecular flexibility index (Phi) is 7.13. The van der Waals surface area contributed by atoms with Crippen LogP contribution < -0.4 is 4.74 Å². The van der Waals surface area contributed by atoms with Gasteiger partial charge in [0.15, 0.2) is 0 Å². The molecule has 8 heteroatoms. The predicted molar refractivity (Wildman–Crippen MR) is 113 cm³/mol. The number of hydrogen-bond donors (Lipinski definition) is 4. The summed E-state index contributed by atoms with van der Waals surface area (Å²) in [6.07, 6.45) is -4.40. The van der Waals surface area contributed by atoms with Crippen LogP contribution in [0.25, 0.3) is 0 Å². The van der Waals surface area contributed by atoms with E-state index in [1.165, 1.54) is 0 Å². The maximum absolute atomic E-state index is 10.3. The summed E-state index contributed by atoms with van der Waals surface area (Å²) < 4.78 is 16.8. The molecule has 0 aliphatic carbocycles. The van der Waals surface area contributed by atoms with Crippen molar-refractivity contribution in [2.75, 3.05) is 19.8 Å². The standard InChI is InChI=1S/C23H27ClO7/c24-18-10-15(23-22(28)21(27)20(26)19(11-25)31-23)4-3-14(18)9-13-1-5-16(6-2-13)30-17-7-8-29-12-17/h1-6,10,17,19-23,25-28H,7-9,11-12H2/t17-,19+,20-,21+,22+,23+/m1/s1. The van der Waals surface area contributed by atoms with Gasteiger partial charge >= 0.3 is 0 Å². The summed E-state index contributed by atoms with van der Waals surface area (Å²) in [6.45, 7) is 0.888. The van der Waals surface area contributed by atoms with Crippen LogP contribution in [0.2, 0.25) is 5.02 Å². The molecule has 4 N–H and O–H groups in total. The van der Waals surface area contributed by atoms with Gasteiger partial charge in [0.05, 0.1) is 19.8 Å². The molecule has 0 amide bonds. The van der Waals surface area contributed by atoms with Crippen molar-refractivity contribution in [1.82, 2.24) is 0 Å². The summed E-state index contributed by atoms with van der Waals surface area (Å²) in [5, 5.41) is 40.2. The van der Waals surface area contributed by atoms with E-state index < -0.39 is 37.1 Å². The van der Waals surface area contributed by atoms with E-state index in [9.17, 15) is 20.4 Å². The molecular weight excluding hydrogens is 424 g/mol. The monoisotopic (exact) mass is 450 g/mol. The molecule has 4 rings (SSSR count). The Morgan fingerprint density at radius 3 is 2.42 bits per heavy atom. The second-order valence-electron chi connectivity index (χ2n) is 8.02. The van der Waals surface area contributed by atoms with Gasteiger partial charge in [0, 0.05) is 11.4 Å². The van der Waals surface area contributed by atoms with Crippen molar-refractivity contribution in [1.29, 1.82) is 0 Å². The first-order valence-corrected chi connectivity index (χ1v) is 10.8. The third-order valence-electron chi connectivity index (χ3n) is 5.81. The Balaban J connectivity index is 1.44. The molecule has 0 bridgehead atoms. The summed E-state index contributed by atoms with van der Waals surface area (Å²) in [4.78, 5) is 0. The minimum absolute atomic E-state index is 0.107. The molecule has 0 unspecified atom stereocenters.